The highest BCUT2D eigenvalue weighted by Gasteiger charge is 2.37. The molecule has 1 aromatic carbocycles. The fourth-order valence-corrected chi connectivity index (χ4v) is 1.37. The Hall–Kier alpha value is -1.46. The van der Waals surface area contributed by atoms with Crippen LogP contribution in [0.25, 0.3) is 0 Å². The second-order valence-electron chi connectivity index (χ2n) is 3.58. The molecule has 1 aromatic rings. The Morgan fingerprint density at radius 1 is 0.812 bits per heavy atom. The smallest absolute Gasteiger partial charge is 0.200 e. The van der Waals surface area contributed by atoms with Gasteiger partial charge in [0.15, 0.2) is 29.1 Å². The van der Waals surface area contributed by atoms with Gasteiger partial charge in [0.25, 0.3) is 0 Å². The van der Waals surface area contributed by atoms with Crippen LogP contribution in [0.2, 0.25) is 0 Å². The highest BCUT2D eigenvalue weighted by molar-refractivity contribution is 5.99. The SMILES string of the molecule is O=C(c1c(F)c(F)c(F)c(F)c1F)C1CC1. The third-order valence-electron chi connectivity index (χ3n) is 2.40. The molecule has 2 rings (SSSR count). The fraction of sp³-hybridized carbons (Fsp3) is 0.300. The maximum atomic E-state index is 13.1. The van der Waals surface area contributed by atoms with Gasteiger partial charge >= 0.3 is 0 Å². The Kier molecular flexibility index (Phi) is 2.44. The van der Waals surface area contributed by atoms with Crippen LogP contribution in [0.5, 0.6) is 0 Å². The molecule has 16 heavy (non-hydrogen) atoms. The van der Waals surface area contributed by atoms with E-state index >= 15 is 0 Å². The van der Waals surface area contributed by atoms with E-state index < -0.39 is 46.4 Å². The summed E-state index contributed by atoms with van der Waals surface area (Å²) in [6, 6.07) is 0. The Labute approximate surface area is 86.9 Å². The summed E-state index contributed by atoms with van der Waals surface area (Å²) in [7, 11) is 0. The van der Waals surface area contributed by atoms with Gasteiger partial charge in [0.05, 0.1) is 5.56 Å². The van der Waals surface area contributed by atoms with Gasteiger partial charge in [-0.3, -0.25) is 4.79 Å². The third kappa shape index (κ3) is 1.48. The molecule has 0 radical (unpaired) electrons. The van der Waals surface area contributed by atoms with Crippen LogP contribution in [0.15, 0.2) is 0 Å². The van der Waals surface area contributed by atoms with Gasteiger partial charge in [0.1, 0.15) is 0 Å². The van der Waals surface area contributed by atoms with E-state index in [0.717, 1.165) is 0 Å². The van der Waals surface area contributed by atoms with Crippen LogP contribution >= 0.6 is 0 Å². The van der Waals surface area contributed by atoms with Crippen LogP contribution in [-0.2, 0) is 0 Å². The molecule has 0 heterocycles. The Morgan fingerprint density at radius 3 is 1.56 bits per heavy atom. The molecular formula is C10H5F5O. The fourth-order valence-electron chi connectivity index (χ4n) is 1.37. The molecule has 0 saturated heterocycles. The van der Waals surface area contributed by atoms with Crippen molar-refractivity contribution in [1.82, 2.24) is 0 Å². The molecular weight excluding hydrogens is 231 g/mol. The van der Waals surface area contributed by atoms with Crippen molar-refractivity contribution >= 4 is 5.78 Å². The van der Waals surface area contributed by atoms with Crippen molar-refractivity contribution in [1.29, 1.82) is 0 Å². The number of rotatable bonds is 2. The summed E-state index contributed by atoms with van der Waals surface area (Å²) in [5.41, 5.74) is -1.32. The Bertz CT molecular complexity index is 450. The van der Waals surface area contributed by atoms with Gasteiger partial charge in [-0.2, -0.15) is 0 Å². The molecule has 1 aliphatic carbocycles. The van der Waals surface area contributed by atoms with E-state index in [1.807, 2.05) is 0 Å². The first kappa shape index (κ1) is 11.0. The molecule has 1 aliphatic rings. The topological polar surface area (TPSA) is 17.1 Å². The van der Waals surface area contributed by atoms with Crippen molar-refractivity contribution in [3.8, 4) is 0 Å². The number of benzene rings is 1. The molecule has 0 unspecified atom stereocenters. The molecule has 1 nitrogen and oxygen atoms in total. The van der Waals surface area contributed by atoms with Gasteiger partial charge in [-0.05, 0) is 12.8 Å². The van der Waals surface area contributed by atoms with Crippen LogP contribution in [0, 0.1) is 35.0 Å². The van der Waals surface area contributed by atoms with Crippen LogP contribution < -0.4 is 0 Å². The lowest BCUT2D eigenvalue weighted by atomic mass is 10.0. The maximum absolute atomic E-state index is 13.1. The number of carbonyl (C=O) groups is 1. The van der Waals surface area contributed by atoms with E-state index in [0.29, 0.717) is 12.8 Å². The average molecular weight is 236 g/mol. The van der Waals surface area contributed by atoms with Crippen LogP contribution in [0.3, 0.4) is 0 Å². The van der Waals surface area contributed by atoms with Gasteiger partial charge in [0.2, 0.25) is 5.82 Å². The summed E-state index contributed by atoms with van der Waals surface area (Å²) >= 11 is 0. The summed E-state index contributed by atoms with van der Waals surface area (Å²) in [4.78, 5) is 11.3. The third-order valence-corrected chi connectivity index (χ3v) is 2.40. The zero-order valence-electron chi connectivity index (χ0n) is 7.79. The minimum atomic E-state index is -2.25. The lowest BCUT2D eigenvalue weighted by Crippen LogP contribution is -2.13. The summed E-state index contributed by atoms with van der Waals surface area (Å²) in [5.74, 6) is -12.1. The number of hydrogen-bond acceptors (Lipinski definition) is 1. The average Bonchev–Trinajstić information content (AvgIpc) is 3.07. The first-order valence-electron chi connectivity index (χ1n) is 4.50. The van der Waals surface area contributed by atoms with Crippen LogP contribution in [0.4, 0.5) is 22.0 Å². The summed E-state index contributed by atoms with van der Waals surface area (Å²) in [6.45, 7) is 0. The van der Waals surface area contributed by atoms with E-state index in [9.17, 15) is 26.7 Å². The van der Waals surface area contributed by atoms with Crippen molar-refractivity contribution in [2.45, 2.75) is 12.8 Å². The first-order chi connectivity index (χ1) is 7.45. The van der Waals surface area contributed by atoms with Crippen molar-refractivity contribution in [3.63, 3.8) is 0 Å². The van der Waals surface area contributed by atoms with E-state index in [-0.39, 0.29) is 0 Å². The first-order valence-corrected chi connectivity index (χ1v) is 4.50. The molecule has 0 amide bonds. The van der Waals surface area contributed by atoms with E-state index in [2.05, 4.69) is 0 Å². The van der Waals surface area contributed by atoms with E-state index in [1.165, 1.54) is 0 Å². The van der Waals surface area contributed by atoms with Crippen molar-refractivity contribution in [2.24, 2.45) is 5.92 Å². The summed E-state index contributed by atoms with van der Waals surface area (Å²) in [6.07, 6.45) is 0.830. The summed E-state index contributed by atoms with van der Waals surface area (Å²) in [5, 5.41) is 0. The van der Waals surface area contributed by atoms with Crippen molar-refractivity contribution in [2.75, 3.05) is 0 Å². The zero-order chi connectivity index (χ0) is 12.0. The molecule has 0 spiro atoms. The highest BCUT2D eigenvalue weighted by atomic mass is 19.2. The highest BCUT2D eigenvalue weighted by Crippen LogP contribution is 2.35. The quantitative estimate of drug-likeness (QED) is 0.334. The van der Waals surface area contributed by atoms with Gasteiger partial charge in [-0.15, -0.1) is 0 Å². The van der Waals surface area contributed by atoms with E-state index in [4.69, 9.17) is 0 Å². The molecule has 1 saturated carbocycles. The number of halogens is 5. The van der Waals surface area contributed by atoms with Gasteiger partial charge in [-0.25, -0.2) is 22.0 Å². The predicted octanol–water partition coefficient (Wildman–Crippen LogP) is 2.97. The molecule has 0 atom stereocenters. The maximum Gasteiger partial charge on any atom is 0.200 e. The second kappa shape index (κ2) is 3.54. The molecule has 86 valence electrons. The lowest BCUT2D eigenvalue weighted by Gasteiger charge is -2.06. The van der Waals surface area contributed by atoms with Crippen LogP contribution in [-0.4, -0.2) is 5.78 Å². The molecule has 0 bridgehead atoms. The molecule has 0 aromatic heterocycles. The normalized spacial score (nSPS) is 15.3. The minimum Gasteiger partial charge on any atom is -0.294 e. The second-order valence-corrected chi connectivity index (χ2v) is 3.58. The molecule has 0 aliphatic heterocycles. The summed E-state index contributed by atoms with van der Waals surface area (Å²) < 4.78 is 64.3. The minimum absolute atomic E-state index is 0.415. The molecule has 6 heteroatoms. The van der Waals surface area contributed by atoms with Gasteiger partial charge in [-0.1, -0.05) is 0 Å². The van der Waals surface area contributed by atoms with Gasteiger partial charge in [0, 0.05) is 5.92 Å². The monoisotopic (exact) mass is 236 g/mol. The van der Waals surface area contributed by atoms with Crippen molar-refractivity contribution in [3.05, 3.63) is 34.6 Å². The largest absolute Gasteiger partial charge is 0.294 e. The predicted molar refractivity (Wildman–Crippen MR) is 43.3 cm³/mol. The zero-order valence-corrected chi connectivity index (χ0v) is 7.79. The van der Waals surface area contributed by atoms with Crippen LogP contribution in [0.1, 0.15) is 23.2 Å². The number of carbonyl (C=O) groups excluding carboxylic acids is 1. The molecule has 1 fully saturated rings. The lowest BCUT2D eigenvalue weighted by molar-refractivity contribution is 0.0956. The number of Topliss-reactive ketones (excluding diaryl/α,β-unsaturated/α-hetero) is 1. The Morgan fingerprint density at radius 2 is 1.19 bits per heavy atom. The number of ketones is 1. The van der Waals surface area contributed by atoms with Gasteiger partial charge < -0.3 is 0 Å². The number of hydrogen-bond donors (Lipinski definition) is 0. The molecule has 0 N–H and O–H groups in total. The van der Waals surface area contributed by atoms with E-state index in [1.54, 1.807) is 0 Å². The Balaban J connectivity index is 2.64. The van der Waals surface area contributed by atoms with Crippen molar-refractivity contribution < 1.29 is 26.7 Å². The standard InChI is InChI=1S/C10H5F5O/c11-5-4(10(16)3-1-2-3)6(12)8(14)9(15)7(5)13/h3H,1-2H2.